The molecule has 1 aliphatic carbocycles. The van der Waals surface area contributed by atoms with Gasteiger partial charge >= 0.3 is 0 Å². The number of halogens is 1. The van der Waals surface area contributed by atoms with E-state index in [4.69, 9.17) is 9.47 Å². The molecule has 0 radical (unpaired) electrons. The third-order valence-corrected chi connectivity index (χ3v) is 5.48. The first kappa shape index (κ1) is 21.6. The lowest BCUT2D eigenvalue weighted by Crippen LogP contribution is -2.25. The molecule has 0 aromatic heterocycles. The maximum absolute atomic E-state index is 14.0. The quantitative estimate of drug-likeness (QED) is 0.481. The highest BCUT2D eigenvalue weighted by molar-refractivity contribution is 6.07. The Kier molecular flexibility index (Phi) is 6.50. The van der Waals surface area contributed by atoms with Gasteiger partial charge < -0.3 is 14.8 Å². The normalized spacial score (nSPS) is 12.8. The summed E-state index contributed by atoms with van der Waals surface area (Å²) in [4.78, 5) is 25.3. The zero-order valence-electron chi connectivity index (χ0n) is 17.8. The van der Waals surface area contributed by atoms with Gasteiger partial charge in [-0.2, -0.15) is 0 Å². The van der Waals surface area contributed by atoms with Crippen molar-refractivity contribution in [2.24, 2.45) is 5.92 Å². The number of carbonyl (C=O) groups excluding carboxylic acids is 2. The minimum absolute atomic E-state index is 0.0929. The lowest BCUT2D eigenvalue weighted by molar-refractivity contribution is 0.0941. The van der Waals surface area contributed by atoms with E-state index in [-0.39, 0.29) is 23.4 Å². The lowest BCUT2D eigenvalue weighted by Gasteiger charge is -2.17. The Morgan fingerprint density at radius 3 is 2.50 bits per heavy atom. The van der Waals surface area contributed by atoms with Crippen LogP contribution in [0, 0.1) is 11.7 Å². The molecule has 3 aromatic rings. The summed E-state index contributed by atoms with van der Waals surface area (Å²) in [7, 11) is 1.39. The summed E-state index contributed by atoms with van der Waals surface area (Å²) in [5.41, 5.74) is 2.51. The van der Waals surface area contributed by atoms with E-state index < -0.39 is 11.7 Å². The molecule has 32 heavy (non-hydrogen) atoms. The molecule has 0 atom stereocenters. The molecule has 0 heterocycles. The molecule has 164 valence electrons. The molecule has 4 rings (SSSR count). The fourth-order valence-corrected chi connectivity index (χ4v) is 3.53. The molecule has 1 fully saturated rings. The van der Waals surface area contributed by atoms with Crippen molar-refractivity contribution in [1.82, 2.24) is 5.32 Å². The third-order valence-electron chi connectivity index (χ3n) is 5.48. The van der Waals surface area contributed by atoms with Gasteiger partial charge in [-0.25, -0.2) is 4.39 Å². The van der Waals surface area contributed by atoms with Gasteiger partial charge in [-0.1, -0.05) is 36.4 Å². The molecular weight excluding hydrogens is 409 g/mol. The van der Waals surface area contributed by atoms with Gasteiger partial charge in [0.2, 0.25) is 0 Å². The summed E-state index contributed by atoms with van der Waals surface area (Å²) in [5.74, 6) is 0.0349. The molecular formula is C26H24FNO4. The average molecular weight is 433 g/mol. The van der Waals surface area contributed by atoms with Gasteiger partial charge in [-0.05, 0) is 59.7 Å². The smallest absolute Gasteiger partial charge is 0.256 e. The number of hydrogen-bond acceptors (Lipinski definition) is 4. The SMILES string of the molecule is COc1ccc(CNC(=O)c2c(OCC3CC3)ccc(-c3ccccc3)c2C=O)cc1F. The number of rotatable bonds is 9. The summed E-state index contributed by atoms with van der Waals surface area (Å²) in [5, 5.41) is 2.79. The Balaban J connectivity index is 1.64. The largest absolute Gasteiger partial charge is 0.494 e. The number of amides is 1. The number of hydrogen-bond donors (Lipinski definition) is 1. The van der Waals surface area contributed by atoms with E-state index in [1.165, 1.54) is 19.2 Å². The molecule has 3 aromatic carbocycles. The van der Waals surface area contributed by atoms with E-state index in [9.17, 15) is 14.0 Å². The number of ether oxygens (including phenoxy) is 2. The van der Waals surface area contributed by atoms with Crippen LogP contribution in [0.5, 0.6) is 11.5 Å². The number of benzene rings is 3. The first-order chi connectivity index (χ1) is 15.6. The monoisotopic (exact) mass is 433 g/mol. The van der Waals surface area contributed by atoms with Crippen molar-refractivity contribution in [2.45, 2.75) is 19.4 Å². The van der Waals surface area contributed by atoms with Crippen LogP contribution < -0.4 is 14.8 Å². The van der Waals surface area contributed by atoms with Crippen molar-refractivity contribution in [3.8, 4) is 22.6 Å². The van der Waals surface area contributed by atoms with Gasteiger partial charge in [0.1, 0.15) is 5.75 Å². The first-order valence-electron chi connectivity index (χ1n) is 10.5. The van der Waals surface area contributed by atoms with Crippen LogP contribution in [-0.2, 0) is 6.54 Å². The van der Waals surface area contributed by atoms with Crippen molar-refractivity contribution in [1.29, 1.82) is 0 Å². The highest BCUT2D eigenvalue weighted by Crippen LogP contribution is 2.34. The standard InChI is InChI=1S/C26H24FNO4/c1-31-23-11-9-18(13-22(23)27)14-28-26(30)25-21(15-29)20(19-5-3-2-4-6-19)10-12-24(25)32-16-17-7-8-17/h2-6,9-13,15,17H,7-8,14,16H2,1H3,(H,28,30). The summed E-state index contributed by atoms with van der Waals surface area (Å²) < 4.78 is 24.8. The van der Waals surface area contributed by atoms with Gasteiger partial charge in [-0.3, -0.25) is 9.59 Å². The summed E-state index contributed by atoms with van der Waals surface area (Å²) in [6.07, 6.45) is 2.90. The second kappa shape index (κ2) is 9.64. The van der Waals surface area contributed by atoms with Crippen LogP contribution in [0.25, 0.3) is 11.1 Å². The Morgan fingerprint density at radius 1 is 1.09 bits per heavy atom. The highest BCUT2D eigenvalue weighted by Gasteiger charge is 2.25. The number of aldehydes is 1. The van der Waals surface area contributed by atoms with E-state index in [1.807, 2.05) is 30.3 Å². The van der Waals surface area contributed by atoms with Crippen molar-refractivity contribution in [3.63, 3.8) is 0 Å². The van der Waals surface area contributed by atoms with Crippen LogP contribution >= 0.6 is 0 Å². The summed E-state index contributed by atoms with van der Waals surface area (Å²) in [6, 6.07) is 17.4. The maximum atomic E-state index is 14.0. The molecule has 0 aliphatic heterocycles. The van der Waals surface area contributed by atoms with Gasteiger partial charge in [0.05, 0.1) is 19.3 Å². The van der Waals surface area contributed by atoms with E-state index in [0.29, 0.717) is 35.7 Å². The van der Waals surface area contributed by atoms with Crippen LogP contribution in [0.2, 0.25) is 0 Å². The number of nitrogens with one attached hydrogen (secondary N) is 1. The lowest BCUT2D eigenvalue weighted by atomic mass is 9.95. The van der Waals surface area contributed by atoms with Crippen molar-refractivity contribution in [3.05, 3.63) is 83.2 Å². The predicted molar refractivity (Wildman–Crippen MR) is 120 cm³/mol. The zero-order chi connectivity index (χ0) is 22.5. The van der Waals surface area contributed by atoms with Crippen LogP contribution in [0.3, 0.4) is 0 Å². The Bertz CT molecular complexity index is 1130. The van der Waals surface area contributed by atoms with E-state index >= 15 is 0 Å². The van der Waals surface area contributed by atoms with Crippen molar-refractivity contribution >= 4 is 12.2 Å². The molecule has 0 saturated heterocycles. The van der Waals surface area contributed by atoms with E-state index in [1.54, 1.807) is 18.2 Å². The average Bonchev–Trinajstić information content (AvgIpc) is 3.65. The first-order valence-corrected chi connectivity index (χ1v) is 10.5. The molecule has 1 amide bonds. The highest BCUT2D eigenvalue weighted by atomic mass is 19.1. The van der Waals surface area contributed by atoms with Crippen molar-refractivity contribution < 1.29 is 23.5 Å². The topological polar surface area (TPSA) is 64.6 Å². The summed E-state index contributed by atoms with van der Waals surface area (Å²) in [6.45, 7) is 0.600. The predicted octanol–water partition coefficient (Wildman–Crippen LogP) is 5.03. The molecule has 1 aliphatic rings. The number of carbonyl (C=O) groups is 2. The second-order valence-electron chi connectivity index (χ2n) is 7.79. The number of methoxy groups -OCH3 is 1. The molecule has 6 heteroatoms. The fraction of sp³-hybridized carbons (Fsp3) is 0.231. The van der Waals surface area contributed by atoms with Crippen LogP contribution in [-0.4, -0.2) is 25.9 Å². The molecule has 5 nitrogen and oxygen atoms in total. The molecule has 0 spiro atoms. The Morgan fingerprint density at radius 2 is 1.84 bits per heavy atom. The van der Waals surface area contributed by atoms with E-state index in [0.717, 1.165) is 18.4 Å². The fourth-order valence-electron chi connectivity index (χ4n) is 3.53. The van der Waals surface area contributed by atoms with Crippen LogP contribution in [0.4, 0.5) is 4.39 Å². The minimum Gasteiger partial charge on any atom is -0.494 e. The van der Waals surface area contributed by atoms with Gasteiger partial charge in [-0.15, -0.1) is 0 Å². The molecule has 1 saturated carbocycles. The van der Waals surface area contributed by atoms with Crippen LogP contribution in [0.15, 0.2) is 60.7 Å². The third kappa shape index (κ3) is 4.80. The Labute approximate surface area is 186 Å². The molecule has 0 unspecified atom stereocenters. The Hall–Kier alpha value is -3.67. The van der Waals surface area contributed by atoms with Gasteiger partial charge in [0, 0.05) is 12.1 Å². The van der Waals surface area contributed by atoms with Crippen LogP contribution in [0.1, 0.15) is 39.1 Å². The van der Waals surface area contributed by atoms with Gasteiger partial charge in [0.25, 0.3) is 5.91 Å². The zero-order valence-corrected chi connectivity index (χ0v) is 17.8. The van der Waals surface area contributed by atoms with Gasteiger partial charge in [0.15, 0.2) is 17.9 Å². The summed E-state index contributed by atoms with van der Waals surface area (Å²) >= 11 is 0. The minimum atomic E-state index is -0.507. The van der Waals surface area contributed by atoms with Crippen molar-refractivity contribution in [2.75, 3.05) is 13.7 Å². The maximum Gasteiger partial charge on any atom is 0.256 e. The molecule has 0 bridgehead atoms. The molecule has 1 N–H and O–H groups in total. The van der Waals surface area contributed by atoms with E-state index in [2.05, 4.69) is 5.32 Å². The second-order valence-corrected chi connectivity index (χ2v) is 7.79.